The molecule has 0 saturated heterocycles. The van der Waals surface area contributed by atoms with Gasteiger partial charge in [0.1, 0.15) is 6.10 Å². The van der Waals surface area contributed by atoms with Crippen LogP contribution in [-0.2, 0) is 14.3 Å². The first-order valence-corrected chi connectivity index (χ1v) is 27.0. The Morgan fingerprint density at radius 1 is 0.476 bits per heavy atom. The molecule has 0 aromatic carbocycles. The minimum Gasteiger partial charge on any atom is -0.462 e. The number of aliphatic hydroxyl groups is 2. The maximum absolute atomic E-state index is 13.2. The minimum atomic E-state index is -0.806. The molecule has 6 heteroatoms. The van der Waals surface area contributed by atoms with Gasteiger partial charge in [0, 0.05) is 6.42 Å². The predicted octanol–water partition coefficient (Wildman–Crippen LogP) is 16.4. The third-order valence-electron chi connectivity index (χ3n) is 12.1. The molecule has 0 bridgehead atoms. The van der Waals surface area contributed by atoms with Gasteiger partial charge in [0.25, 0.3) is 0 Å². The molecule has 0 heterocycles. The Morgan fingerprint density at radius 2 is 0.873 bits per heavy atom. The monoisotopic (exact) mass is 882 g/mol. The first-order chi connectivity index (χ1) is 31.0. The summed E-state index contributed by atoms with van der Waals surface area (Å²) < 4.78 is 5.90. The number of carbonyl (C=O) groups is 2. The molecule has 0 rings (SSSR count). The highest BCUT2D eigenvalue weighted by Gasteiger charge is 2.24. The highest BCUT2D eigenvalue weighted by Crippen LogP contribution is 2.17. The lowest BCUT2D eigenvalue weighted by Crippen LogP contribution is -2.46. The van der Waals surface area contributed by atoms with Gasteiger partial charge in [-0.1, -0.05) is 229 Å². The Hall–Kier alpha value is -2.44. The molecule has 3 atom stereocenters. The molecule has 366 valence electrons. The second kappa shape index (κ2) is 50.6. The lowest BCUT2D eigenvalue weighted by Gasteiger charge is -2.24. The number of carbonyl (C=O) groups excluding carboxylic acids is 2. The van der Waals surface area contributed by atoms with Crippen LogP contribution in [0.1, 0.15) is 265 Å². The molecule has 63 heavy (non-hydrogen) atoms. The number of nitrogens with one attached hydrogen (secondary N) is 1. The Labute approximate surface area is 390 Å². The van der Waals surface area contributed by atoms with E-state index in [4.69, 9.17) is 4.74 Å². The number of rotatable bonds is 48. The van der Waals surface area contributed by atoms with Gasteiger partial charge in [-0.3, -0.25) is 9.59 Å². The fourth-order valence-electron chi connectivity index (χ4n) is 8.01. The highest BCUT2D eigenvalue weighted by molar-refractivity contribution is 5.77. The summed E-state index contributed by atoms with van der Waals surface area (Å²) in [6, 6.07) is -0.723. The molecule has 0 radical (unpaired) electrons. The molecule has 0 spiro atoms. The van der Waals surface area contributed by atoms with Gasteiger partial charge in [0.2, 0.25) is 5.91 Å². The van der Waals surface area contributed by atoms with Crippen molar-refractivity contribution in [2.45, 2.75) is 283 Å². The third kappa shape index (κ3) is 45.9. The summed E-state index contributed by atoms with van der Waals surface area (Å²) in [4.78, 5) is 26.1. The summed E-state index contributed by atoms with van der Waals surface area (Å²) in [5.74, 6) is -0.544. The Kier molecular flexibility index (Phi) is 48.6. The summed E-state index contributed by atoms with van der Waals surface area (Å²) in [6.45, 7) is 6.36. The topological polar surface area (TPSA) is 95.9 Å². The molecule has 0 aliphatic heterocycles. The predicted molar refractivity (Wildman–Crippen MR) is 273 cm³/mol. The number of hydrogen-bond donors (Lipinski definition) is 3. The zero-order valence-electron chi connectivity index (χ0n) is 41.7. The van der Waals surface area contributed by atoms with Crippen molar-refractivity contribution in [3.63, 3.8) is 0 Å². The molecule has 6 nitrogen and oxygen atoms in total. The summed E-state index contributed by atoms with van der Waals surface area (Å²) in [5.41, 5.74) is 0. The molecule has 1 amide bonds. The number of allylic oxidation sites excluding steroid dienone is 10. The van der Waals surface area contributed by atoms with Gasteiger partial charge >= 0.3 is 5.97 Å². The number of esters is 1. The van der Waals surface area contributed by atoms with Crippen LogP contribution in [0.2, 0.25) is 0 Å². The van der Waals surface area contributed by atoms with Gasteiger partial charge in [-0.2, -0.15) is 0 Å². The second-order valence-corrected chi connectivity index (χ2v) is 18.2. The van der Waals surface area contributed by atoms with E-state index in [1.54, 1.807) is 0 Å². The van der Waals surface area contributed by atoms with Crippen molar-refractivity contribution >= 4 is 11.9 Å². The summed E-state index contributed by atoms with van der Waals surface area (Å²) >= 11 is 0. The second-order valence-electron chi connectivity index (χ2n) is 18.2. The third-order valence-corrected chi connectivity index (χ3v) is 12.1. The van der Waals surface area contributed by atoms with Crippen molar-refractivity contribution in [2.24, 2.45) is 0 Å². The van der Waals surface area contributed by atoms with E-state index in [9.17, 15) is 19.8 Å². The molecule has 0 aliphatic rings. The Balaban J connectivity index is 4.61. The average molecular weight is 882 g/mol. The smallest absolute Gasteiger partial charge is 0.306 e. The molecule has 0 fully saturated rings. The summed E-state index contributed by atoms with van der Waals surface area (Å²) in [6.07, 6.45) is 62.9. The molecular formula is C57H103NO5. The number of aliphatic hydroxyl groups excluding tert-OH is 2. The lowest BCUT2D eigenvalue weighted by molar-refractivity contribution is -0.151. The van der Waals surface area contributed by atoms with Gasteiger partial charge in [-0.05, 0) is 83.5 Å². The minimum absolute atomic E-state index is 0.0334. The average Bonchev–Trinajstić information content (AvgIpc) is 3.28. The SMILES string of the molecule is CC/C=C/C/C=C/C/C=C/C/C=C/CCCC(CC(=O)NC(CO)C(O)CCCCCCCCCCCCCCCCCCC)OC(=O)CCCCC/C=C\CCCCCCCC. The largest absolute Gasteiger partial charge is 0.462 e. The molecule has 3 N–H and O–H groups in total. The van der Waals surface area contributed by atoms with Gasteiger partial charge in [0.15, 0.2) is 0 Å². The summed E-state index contributed by atoms with van der Waals surface area (Å²) in [5, 5.41) is 23.8. The van der Waals surface area contributed by atoms with Crippen LogP contribution in [0.5, 0.6) is 0 Å². The maximum Gasteiger partial charge on any atom is 0.306 e. The van der Waals surface area contributed by atoms with Crippen molar-refractivity contribution in [2.75, 3.05) is 6.61 Å². The maximum atomic E-state index is 13.2. The van der Waals surface area contributed by atoms with E-state index in [0.717, 1.165) is 89.9 Å². The van der Waals surface area contributed by atoms with Crippen molar-refractivity contribution in [3.05, 3.63) is 60.8 Å². The van der Waals surface area contributed by atoms with Crippen molar-refractivity contribution < 1.29 is 24.5 Å². The zero-order valence-corrected chi connectivity index (χ0v) is 41.7. The van der Waals surface area contributed by atoms with Crippen LogP contribution in [0.15, 0.2) is 60.8 Å². The molecule has 0 aromatic rings. The van der Waals surface area contributed by atoms with Crippen LogP contribution >= 0.6 is 0 Å². The van der Waals surface area contributed by atoms with Gasteiger partial charge in [-0.25, -0.2) is 0 Å². The van der Waals surface area contributed by atoms with E-state index in [-0.39, 0.29) is 24.9 Å². The quantitative estimate of drug-likeness (QED) is 0.0321. The summed E-state index contributed by atoms with van der Waals surface area (Å²) in [7, 11) is 0. The Bertz CT molecular complexity index is 1130. The van der Waals surface area contributed by atoms with Crippen LogP contribution < -0.4 is 5.32 Å². The number of amides is 1. The highest BCUT2D eigenvalue weighted by atomic mass is 16.5. The molecular weight excluding hydrogens is 779 g/mol. The van der Waals surface area contributed by atoms with E-state index >= 15 is 0 Å². The fourth-order valence-corrected chi connectivity index (χ4v) is 8.01. The number of hydrogen-bond acceptors (Lipinski definition) is 5. The van der Waals surface area contributed by atoms with Crippen LogP contribution in [-0.4, -0.2) is 46.9 Å². The van der Waals surface area contributed by atoms with Crippen LogP contribution in [0.3, 0.4) is 0 Å². The van der Waals surface area contributed by atoms with E-state index < -0.39 is 18.2 Å². The van der Waals surface area contributed by atoms with E-state index in [0.29, 0.717) is 19.3 Å². The van der Waals surface area contributed by atoms with Crippen LogP contribution in [0, 0.1) is 0 Å². The standard InChI is InChI=1S/C57H103NO5/c1-4-7-10-13-16-19-22-25-27-28-29-32-34-37-40-43-46-49-55(60)54(52-59)58-56(61)51-53(48-45-42-39-36-33-31-26-23-20-17-14-11-8-5-2)63-57(62)50-47-44-41-38-35-30-24-21-18-15-12-9-6-3/h8,11,17,20,26,30-31,35-36,39,53-55,59-60H,4-7,9-10,12-16,18-19,21-25,27-29,32-34,37-38,40-52H2,1-3H3,(H,58,61)/b11-8+,20-17+,31-26+,35-30-,39-36+. The van der Waals surface area contributed by atoms with Gasteiger partial charge in [-0.15, -0.1) is 0 Å². The van der Waals surface area contributed by atoms with Crippen molar-refractivity contribution in [3.8, 4) is 0 Å². The number of ether oxygens (including phenoxy) is 1. The van der Waals surface area contributed by atoms with Crippen LogP contribution in [0.4, 0.5) is 0 Å². The molecule has 3 unspecified atom stereocenters. The molecule has 0 aromatic heterocycles. The van der Waals surface area contributed by atoms with E-state index in [1.165, 1.54) is 128 Å². The molecule has 0 aliphatic carbocycles. The van der Waals surface area contributed by atoms with Gasteiger partial charge < -0.3 is 20.3 Å². The van der Waals surface area contributed by atoms with Gasteiger partial charge in [0.05, 0.1) is 25.2 Å². The normalized spacial score (nSPS) is 13.7. The first-order valence-electron chi connectivity index (χ1n) is 27.0. The number of unbranched alkanes of at least 4 members (excludes halogenated alkanes) is 26. The van der Waals surface area contributed by atoms with Crippen molar-refractivity contribution in [1.82, 2.24) is 5.32 Å². The zero-order chi connectivity index (χ0) is 45.9. The van der Waals surface area contributed by atoms with E-state index in [2.05, 4.69) is 86.8 Å². The molecule has 0 saturated carbocycles. The lowest BCUT2D eigenvalue weighted by atomic mass is 10.0. The Morgan fingerprint density at radius 3 is 1.35 bits per heavy atom. The van der Waals surface area contributed by atoms with Crippen molar-refractivity contribution in [1.29, 1.82) is 0 Å². The first kappa shape index (κ1) is 60.6. The van der Waals surface area contributed by atoms with Crippen LogP contribution in [0.25, 0.3) is 0 Å². The van der Waals surface area contributed by atoms with E-state index in [1.807, 2.05) is 0 Å². The fraction of sp³-hybridized carbons (Fsp3) is 0.789.